The Hall–Kier alpha value is -2.54. The zero-order chi connectivity index (χ0) is 19.3. The van der Waals surface area contributed by atoms with Crippen molar-refractivity contribution in [2.75, 3.05) is 26.1 Å². The summed E-state index contributed by atoms with van der Waals surface area (Å²) in [6.07, 6.45) is 0. The van der Waals surface area contributed by atoms with Gasteiger partial charge in [-0.25, -0.2) is 4.79 Å². The number of rotatable bonds is 6. The maximum absolute atomic E-state index is 12.1. The Bertz CT molecular complexity index is 812. The summed E-state index contributed by atoms with van der Waals surface area (Å²) in [5, 5.41) is 2.72. The average molecular weight is 422 g/mol. The molecule has 1 amide bonds. The second-order valence-electron chi connectivity index (χ2n) is 5.62. The van der Waals surface area contributed by atoms with Gasteiger partial charge < -0.3 is 19.5 Å². The first-order valence-corrected chi connectivity index (χ1v) is 8.60. The molecular weight excluding hydrogens is 402 g/mol. The summed E-state index contributed by atoms with van der Waals surface area (Å²) in [7, 11) is 2.98. The van der Waals surface area contributed by atoms with Crippen LogP contribution in [-0.4, -0.2) is 32.7 Å². The number of anilines is 1. The summed E-state index contributed by atoms with van der Waals surface area (Å²) in [6, 6.07) is 8.32. The fraction of sp³-hybridized carbons (Fsp3) is 0.263. The standard InChI is InChI=1S/C19H20BrNO5/c1-11-7-14(8-12(2)18(11)20)21-17(22)10-26-19(23)13-5-6-15(24-3)16(9-13)25-4/h5-9H,10H2,1-4H3,(H,21,22). The quantitative estimate of drug-likeness (QED) is 0.716. The summed E-state index contributed by atoms with van der Waals surface area (Å²) in [4.78, 5) is 24.2. The SMILES string of the molecule is COc1ccc(C(=O)OCC(=O)Nc2cc(C)c(Br)c(C)c2)cc1OC. The fourth-order valence-electron chi connectivity index (χ4n) is 2.39. The Morgan fingerprint density at radius 1 is 1.00 bits per heavy atom. The van der Waals surface area contributed by atoms with Crippen molar-refractivity contribution in [1.29, 1.82) is 0 Å². The Kier molecular flexibility index (Phi) is 6.63. The highest BCUT2D eigenvalue weighted by molar-refractivity contribution is 9.10. The van der Waals surface area contributed by atoms with E-state index in [2.05, 4.69) is 21.2 Å². The van der Waals surface area contributed by atoms with Crippen LogP contribution in [0.4, 0.5) is 5.69 Å². The third kappa shape index (κ3) is 4.76. The third-order valence-corrected chi connectivity index (χ3v) is 4.92. The number of carbonyl (C=O) groups excluding carboxylic acids is 2. The maximum atomic E-state index is 12.1. The molecule has 26 heavy (non-hydrogen) atoms. The lowest BCUT2D eigenvalue weighted by Gasteiger charge is -2.11. The van der Waals surface area contributed by atoms with Gasteiger partial charge in [0.25, 0.3) is 5.91 Å². The van der Waals surface area contributed by atoms with Gasteiger partial charge in [0.1, 0.15) is 0 Å². The second-order valence-corrected chi connectivity index (χ2v) is 6.41. The molecule has 0 aliphatic rings. The molecule has 2 rings (SSSR count). The van der Waals surface area contributed by atoms with E-state index >= 15 is 0 Å². The highest BCUT2D eigenvalue weighted by atomic mass is 79.9. The van der Waals surface area contributed by atoms with Gasteiger partial charge in [-0.15, -0.1) is 0 Å². The highest BCUT2D eigenvalue weighted by Crippen LogP contribution is 2.28. The van der Waals surface area contributed by atoms with E-state index in [4.69, 9.17) is 14.2 Å². The van der Waals surface area contributed by atoms with Gasteiger partial charge in [0.05, 0.1) is 19.8 Å². The van der Waals surface area contributed by atoms with Crippen LogP contribution in [0.2, 0.25) is 0 Å². The van der Waals surface area contributed by atoms with Gasteiger partial charge in [0, 0.05) is 10.2 Å². The number of hydrogen-bond acceptors (Lipinski definition) is 5. The minimum Gasteiger partial charge on any atom is -0.493 e. The largest absolute Gasteiger partial charge is 0.493 e. The molecule has 2 aromatic carbocycles. The first-order chi connectivity index (χ1) is 12.3. The van der Waals surface area contributed by atoms with Crippen LogP contribution in [-0.2, 0) is 9.53 Å². The number of ether oxygens (including phenoxy) is 3. The van der Waals surface area contributed by atoms with Crippen molar-refractivity contribution in [1.82, 2.24) is 0 Å². The first-order valence-electron chi connectivity index (χ1n) is 7.81. The van der Waals surface area contributed by atoms with Crippen LogP contribution < -0.4 is 14.8 Å². The summed E-state index contributed by atoms with van der Waals surface area (Å²) in [5.41, 5.74) is 2.92. The lowest BCUT2D eigenvalue weighted by Crippen LogP contribution is -2.21. The zero-order valence-corrected chi connectivity index (χ0v) is 16.6. The van der Waals surface area contributed by atoms with Gasteiger partial charge in [-0.3, -0.25) is 4.79 Å². The minimum absolute atomic E-state index is 0.269. The number of halogens is 1. The average Bonchev–Trinajstić information content (AvgIpc) is 2.63. The number of hydrogen-bond donors (Lipinski definition) is 1. The van der Waals surface area contributed by atoms with Crippen molar-refractivity contribution in [3.8, 4) is 11.5 Å². The lowest BCUT2D eigenvalue weighted by molar-refractivity contribution is -0.119. The smallest absolute Gasteiger partial charge is 0.338 e. The van der Waals surface area contributed by atoms with E-state index in [1.807, 2.05) is 26.0 Å². The van der Waals surface area contributed by atoms with Crippen LogP contribution in [0, 0.1) is 13.8 Å². The summed E-state index contributed by atoms with van der Waals surface area (Å²) in [6.45, 7) is 3.48. The maximum Gasteiger partial charge on any atom is 0.338 e. The topological polar surface area (TPSA) is 73.9 Å². The molecular formula is C19H20BrNO5. The van der Waals surface area contributed by atoms with E-state index in [0.717, 1.165) is 15.6 Å². The zero-order valence-electron chi connectivity index (χ0n) is 15.0. The molecule has 6 nitrogen and oxygen atoms in total. The molecule has 0 atom stereocenters. The molecule has 0 saturated carbocycles. The summed E-state index contributed by atoms with van der Waals surface area (Å²) >= 11 is 3.48. The van der Waals surface area contributed by atoms with Gasteiger partial charge in [-0.05, 0) is 55.3 Å². The monoisotopic (exact) mass is 421 g/mol. The molecule has 2 aromatic rings. The van der Waals surface area contributed by atoms with Crippen molar-refractivity contribution in [3.63, 3.8) is 0 Å². The predicted octanol–water partition coefficient (Wildman–Crippen LogP) is 3.88. The number of aryl methyl sites for hydroxylation is 2. The van der Waals surface area contributed by atoms with Crippen molar-refractivity contribution in [3.05, 3.63) is 51.5 Å². The van der Waals surface area contributed by atoms with Gasteiger partial charge in [0.15, 0.2) is 18.1 Å². The number of methoxy groups -OCH3 is 2. The third-order valence-electron chi connectivity index (χ3n) is 3.67. The first kappa shape index (κ1) is 19.8. The van der Waals surface area contributed by atoms with E-state index in [1.165, 1.54) is 20.3 Å². The van der Waals surface area contributed by atoms with Gasteiger partial charge >= 0.3 is 5.97 Å². The number of carbonyl (C=O) groups is 2. The van der Waals surface area contributed by atoms with Crippen LogP contribution in [0.5, 0.6) is 11.5 Å². The Balaban J connectivity index is 1.98. The van der Waals surface area contributed by atoms with Gasteiger partial charge in [-0.1, -0.05) is 15.9 Å². The van der Waals surface area contributed by atoms with Crippen LogP contribution >= 0.6 is 15.9 Å². The molecule has 0 aliphatic heterocycles. The van der Waals surface area contributed by atoms with Crippen LogP contribution in [0.1, 0.15) is 21.5 Å². The number of nitrogens with one attached hydrogen (secondary N) is 1. The Labute approximate surface area is 160 Å². The lowest BCUT2D eigenvalue weighted by atomic mass is 10.1. The highest BCUT2D eigenvalue weighted by Gasteiger charge is 2.14. The molecule has 0 aliphatic carbocycles. The molecule has 138 valence electrons. The van der Waals surface area contributed by atoms with E-state index < -0.39 is 11.9 Å². The van der Waals surface area contributed by atoms with Crippen LogP contribution in [0.15, 0.2) is 34.8 Å². The molecule has 0 spiro atoms. The van der Waals surface area contributed by atoms with E-state index in [0.29, 0.717) is 17.2 Å². The molecule has 0 aromatic heterocycles. The fourth-order valence-corrected chi connectivity index (χ4v) is 2.62. The summed E-state index contributed by atoms with van der Waals surface area (Å²) in [5.74, 6) is -0.126. The number of esters is 1. The summed E-state index contributed by atoms with van der Waals surface area (Å²) < 4.78 is 16.3. The van der Waals surface area contributed by atoms with E-state index in [1.54, 1.807) is 12.1 Å². The Morgan fingerprint density at radius 2 is 1.62 bits per heavy atom. The molecule has 0 bridgehead atoms. The molecule has 1 N–H and O–H groups in total. The minimum atomic E-state index is -0.621. The normalized spacial score (nSPS) is 10.2. The number of amides is 1. The van der Waals surface area contributed by atoms with Crippen molar-refractivity contribution >= 4 is 33.5 Å². The molecule has 7 heteroatoms. The molecule has 0 radical (unpaired) electrons. The van der Waals surface area contributed by atoms with Gasteiger partial charge in [-0.2, -0.15) is 0 Å². The van der Waals surface area contributed by atoms with Crippen LogP contribution in [0.25, 0.3) is 0 Å². The van der Waals surface area contributed by atoms with Gasteiger partial charge in [0.2, 0.25) is 0 Å². The molecule has 0 heterocycles. The Morgan fingerprint density at radius 3 is 2.19 bits per heavy atom. The predicted molar refractivity (Wildman–Crippen MR) is 102 cm³/mol. The van der Waals surface area contributed by atoms with Crippen LogP contribution in [0.3, 0.4) is 0 Å². The van der Waals surface area contributed by atoms with E-state index in [-0.39, 0.29) is 12.2 Å². The van der Waals surface area contributed by atoms with Crippen molar-refractivity contribution in [2.45, 2.75) is 13.8 Å². The van der Waals surface area contributed by atoms with E-state index in [9.17, 15) is 9.59 Å². The number of benzene rings is 2. The van der Waals surface area contributed by atoms with Crippen molar-refractivity contribution in [2.24, 2.45) is 0 Å². The van der Waals surface area contributed by atoms with Crippen molar-refractivity contribution < 1.29 is 23.8 Å². The molecule has 0 fully saturated rings. The molecule has 0 saturated heterocycles. The second kappa shape index (κ2) is 8.71. The molecule has 0 unspecified atom stereocenters.